The lowest BCUT2D eigenvalue weighted by molar-refractivity contribution is 0.0226. The molecule has 2 N–H and O–H groups in total. The predicted octanol–water partition coefficient (Wildman–Crippen LogP) is 2.77. The fourth-order valence-electron chi connectivity index (χ4n) is 1.56. The highest BCUT2D eigenvalue weighted by Gasteiger charge is 2.05. The molecule has 0 aliphatic rings. The summed E-state index contributed by atoms with van der Waals surface area (Å²) in [5.74, 6) is 0.767. The molecule has 2 rings (SSSR count). The molecule has 0 radical (unpaired) electrons. The zero-order chi connectivity index (χ0) is 13.5. The third-order valence-corrected chi connectivity index (χ3v) is 4.07. The van der Waals surface area contributed by atoms with Gasteiger partial charge in [0.2, 0.25) is 0 Å². The molecule has 0 aromatic carbocycles. The summed E-state index contributed by atoms with van der Waals surface area (Å²) in [6.07, 6.45) is 1.09. The summed E-state index contributed by atoms with van der Waals surface area (Å²) in [7, 11) is 0. The molecule has 0 bridgehead atoms. The summed E-state index contributed by atoms with van der Waals surface area (Å²) in [5, 5.41) is 12.9. The second-order valence-electron chi connectivity index (χ2n) is 4.09. The van der Waals surface area contributed by atoms with Crippen LogP contribution in [0.1, 0.15) is 10.6 Å². The number of aliphatic hydroxyl groups excluding tert-OH is 1. The average molecular weight is 346 g/mol. The van der Waals surface area contributed by atoms with Gasteiger partial charge < -0.3 is 19.6 Å². The lowest BCUT2D eigenvalue weighted by Crippen LogP contribution is -2.29. The molecule has 19 heavy (non-hydrogen) atoms. The smallest absolute Gasteiger partial charge is 0.129 e. The van der Waals surface area contributed by atoms with E-state index in [2.05, 4.69) is 27.3 Å². The monoisotopic (exact) mass is 345 g/mol. The van der Waals surface area contributed by atoms with E-state index in [4.69, 9.17) is 9.15 Å². The van der Waals surface area contributed by atoms with Crippen LogP contribution in [0.15, 0.2) is 38.7 Å². The van der Waals surface area contributed by atoms with Crippen molar-refractivity contribution in [2.45, 2.75) is 19.3 Å². The third-order valence-electron chi connectivity index (χ3n) is 2.44. The van der Waals surface area contributed by atoms with Crippen LogP contribution in [0.25, 0.3) is 0 Å². The van der Waals surface area contributed by atoms with Crippen LogP contribution in [0.5, 0.6) is 0 Å². The Hall–Kier alpha value is -0.660. The second kappa shape index (κ2) is 7.81. The first-order valence-corrected chi connectivity index (χ1v) is 7.58. The molecule has 0 aliphatic carbocycles. The molecule has 1 atom stereocenters. The number of aliphatic hydroxyl groups is 1. The Morgan fingerprint density at radius 3 is 3.00 bits per heavy atom. The number of hydrogen-bond donors (Lipinski definition) is 2. The molecule has 0 amide bonds. The van der Waals surface area contributed by atoms with E-state index in [0.717, 1.165) is 16.1 Å². The van der Waals surface area contributed by atoms with Gasteiger partial charge in [0, 0.05) is 18.0 Å². The summed E-state index contributed by atoms with van der Waals surface area (Å²) >= 11 is 5.10. The molecule has 0 spiro atoms. The number of halogens is 1. The SMILES string of the molecule is OC(CNCc1ccc(Br)s1)COCc1ccco1. The van der Waals surface area contributed by atoms with Gasteiger partial charge in [0.1, 0.15) is 12.4 Å². The Morgan fingerprint density at radius 2 is 2.32 bits per heavy atom. The van der Waals surface area contributed by atoms with E-state index in [0.29, 0.717) is 19.8 Å². The molecular weight excluding hydrogens is 330 g/mol. The molecule has 2 aromatic heterocycles. The van der Waals surface area contributed by atoms with Gasteiger partial charge in [-0.2, -0.15) is 0 Å². The van der Waals surface area contributed by atoms with E-state index in [9.17, 15) is 5.11 Å². The van der Waals surface area contributed by atoms with Crippen molar-refractivity contribution in [2.24, 2.45) is 0 Å². The maximum Gasteiger partial charge on any atom is 0.129 e. The fourth-order valence-corrected chi connectivity index (χ4v) is 3.01. The van der Waals surface area contributed by atoms with Crippen molar-refractivity contribution in [1.82, 2.24) is 5.32 Å². The molecule has 2 aromatic rings. The molecular formula is C13H16BrNO3S. The van der Waals surface area contributed by atoms with Crippen LogP contribution < -0.4 is 5.32 Å². The summed E-state index contributed by atoms with van der Waals surface area (Å²) in [6.45, 7) is 1.95. The number of thiophene rings is 1. The minimum absolute atomic E-state index is 0.293. The van der Waals surface area contributed by atoms with Crippen molar-refractivity contribution in [3.8, 4) is 0 Å². The number of ether oxygens (including phenoxy) is 1. The van der Waals surface area contributed by atoms with Gasteiger partial charge >= 0.3 is 0 Å². The van der Waals surface area contributed by atoms with Crippen LogP contribution >= 0.6 is 27.3 Å². The lowest BCUT2D eigenvalue weighted by Gasteiger charge is -2.11. The van der Waals surface area contributed by atoms with Crippen molar-refractivity contribution >= 4 is 27.3 Å². The first kappa shape index (κ1) is 14.7. The highest BCUT2D eigenvalue weighted by atomic mass is 79.9. The standard InChI is InChI=1S/C13H16BrNO3S/c14-13-4-3-12(19-13)7-15-6-10(16)8-17-9-11-2-1-5-18-11/h1-5,10,15-16H,6-9H2. The summed E-state index contributed by atoms with van der Waals surface area (Å²) in [4.78, 5) is 1.23. The van der Waals surface area contributed by atoms with Gasteiger partial charge in [0.25, 0.3) is 0 Å². The van der Waals surface area contributed by atoms with Crippen molar-refractivity contribution in [3.63, 3.8) is 0 Å². The predicted molar refractivity (Wildman–Crippen MR) is 78.1 cm³/mol. The Balaban J connectivity index is 1.55. The van der Waals surface area contributed by atoms with E-state index in [1.54, 1.807) is 17.6 Å². The zero-order valence-electron chi connectivity index (χ0n) is 10.3. The van der Waals surface area contributed by atoms with Crippen molar-refractivity contribution < 1.29 is 14.3 Å². The highest BCUT2D eigenvalue weighted by molar-refractivity contribution is 9.11. The van der Waals surface area contributed by atoms with E-state index >= 15 is 0 Å². The van der Waals surface area contributed by atoms with E-state index in [1.165, 1.54) is 4.88 Å². The molecule has 0 fully saturated rings. The number of nitrogens with one attached hydrogen (secondary N) is 1. The average Bonchev–Trinajstić information content (AvgIpc) is 3.01. The zero-order valence-corrected chi connectivity index (χ0v) is 12.7. The van der Waals surface area contributed by atoms with E-state index in [1.807, 2.05) is 18.2 Å². The minimum Gasteiger partial charge on any atom is -0.467 e. The molecule has 0 saturated heterocycles. The second-order valence-corrected chi connectivity index (χ2v) is 6.63. The summed E-state index contributed by atoms with van der Waals surface area (Å²) < 4.78 is 11.6. The Morgan fingerprint density at radius 1 is 1.42 bits per heavy atom. The molecule has 6 heteroatoms. The quantitative estimate of drug-likeness (QED) is 0.772. The number of furan rings is 1. The van der Waals surface area contributed by atoms with Crippen LogP contribution in [-0.2, 0) is 17.9 Å². The van der Waals surface area contributed by atoms with Crippen LogP contribution in [0.4, 0.5) is 0 Å². The van der Waals surface area contributed by atoms with Crippen LogP contribution in [-0.4, -0.2) is 24.4 Å². The van der Waals surface area contributed by atoms with Crippen molar-refractivity contribution in [1.29, 1.82) is 0 Å². The summed E-state index contributed by atoms with van der Waals surface area (Å²) in [6, 6.07) is 7.74. The van der Waals surface area contributed by atoms with Gasteiger partial charge in [-0.25, -0.2) is 0 Å². The van der Waals surface area contributed by atoms with Crippen molar-refractivity contribution in [2.75, 3.05) is 13.2 Å². The summed E-state index contributed by atoms with van der Waals surface area (Å²) in [5.41, 5.74) is 0. The highest BCUT2D eigenvalue weighted by Crippen LogP contribution is 2.21. The van der Waals surface area contributed by atoms with Crippen LogP contribution in [0, 0.1) is 0 Å². The number of rotatable bonds is 8. The van der Waals surface area contributed by atoms with Gasteiger partial charge in [-0.05, 0) is 40.2 Å². The van der Waals surface area contributed by atoms with Gasteiger partial charge in [0.05, 0.1) is 22.8 Å². The maximum atomic E-state index is 9.74. The van der Waals surface area contributed by atoms with E-state index < -0.39 is 6.10 Å². The largest absolute Gasteiger partial charge is 0.467 e. The fraction of sp³-hybridized carbons (Fsp3) is 0.385. The lowest BCUT2D eigenvalue weighted by atomic mass is 10.3. The molecule has 2 heterocycles. The molecule has 104 valence electrons. The number of hydrogen-bond acceptors (Lipinski definition) is 5. The van der Waals surface area contributed by atoms with Crippen LogP contribution in [0.2, 0.25) is 0 Å². The Bertz CT molecular complexity index is 472. The first-order valence-electron chi connectivity index (χ1n) is 5.97. The Labute approximate surface area is 124 Å². The minimum atomic E-state index is -0.515. The molecule has 1 unspecified atom stereocenters. The molecule has 0 saturated carbocycles. The first-order chi connectivity index (χ1) is 9.24. The normalized spacial score (nSPS) is 12.7. The topological polar surface area (TPSA) is 54.6 Å². The third kappa shape index (κ3) is 5.46. The van der Waals surface area contributed by atoms with Crippen molar-refractivity contribution in [3.05, 3.63) is 45.0 Å². The molecule has 0 aliphatic heterocycles. The molecule has 4 nitrogen and oxygen atoms in total. The Kier molecular flexibility index (Phi) is 6.06. The van der Waals surface area contributed by atoms with Gasteiger partial charge in [-0.1, -0.05) is 0 Å². The maximum absolute atomic E-state index is 9.74. The van der Waals surface area contributed by atoms with Gasteiger partial charge in [0.15, 0.2) is 0 Å². The van der Waals surface area contributed by atoms with E-state index in [-0.39, 0.29) is 0 Å². The van der Waals surface area contributed by atoms with Gasteiger partial charge in [-0.15, -0.1) is 11.3 Å². The van der Waals surface area contributed by atoms with Crippen LogP contribution in [0.3, 0.4) is 0 Å². The van der Waals surface area contributed by atoms with Gasteiger partial charge in [-0.3, -0.25) is 0 Å².